The van der Waals surface area contributed by atoms with Gasteiger partial charge in [0.15, 0.2) is 0 Å². The van der Waals surface area contributed by atoms with Gasteiger partial charge in [-0.15, -0.1) is 0 Å². The van der Waals surface area contributed by atoms with Crippen LogP contribution in [0.15, 0.2) is 18.2 Å². The van der Waals surface area contributed by atoms with Gasteiger partial charge in [-0.1, -0.05) is 0 Å². The average molecular weight is 451 g/mol. The monoisotopic (exact) mass is 451 g/mol. The van der Waals surface area contributed by atoms with E-state index in [1.54, 1.807) is 32.0 Å². The SMILES string of the molecule is CCOC(=O)C1(C(=O)OCC)C(C(C)OC(C)=O)C(=O)N1Cc1ccc(OC)cc1OC. The maximum absolute atomic E-state index is 13.2. The average Bonchev–Trinajstić information content (AvgIpc) is 2.74. The van der Waals surface area contributed by atoms with E-state index in [1.807, 2.05) is 0 Å². The maximum atomic E-state index is 13.2. The predicted molar refractivity (Wildman–Crippen MR) is 111 cm³/mol. The van der Waals surface area contributed by atoms with E-state index in [1.165, 1.54) is 28.1 Å². The molecule has 0 bridgehead atoms. The Labute approximate surface area is 186 Å². The second kappa shape index (κ2) is 10.3. The number of methoxy groups -OCH3 is 2. The van der Waals surface area contributed by atoms with Crippen LogP contribution >= 0.6 is 0 Å². The highest BCUT2D eigenvalue weighted by Crippen LogP contribution is 2.45. The summed E-state index contributed by atoms with van der Waals surface area (Å²) in [5.74, 6) is -3.48. The first-order chi connectivity index (χ1) is 15.2. The minimum Gasteiger partial charge on any atom is -0.497 e. The van der Waals surface area contributed by atoms with Crippen molar-refractivity contribution in [1.29, 1.82) is 0 Å². The zero-order chi connectivity index (χ0) is 24.1. The molecule has 0 N–H and O–H groups in total. The Morgan fingerprint density at radius 3 is 2.12 bits per heavy atom. The number of rotatable bonds is 10. The molecule has 1 aromatic rings. The first-order valence-corrected chi connectivity index (χ1v) is 10.2. The van der Waals surface area contributed by atoms with Crippen molar-refractivity contribution in [2.24, 2.45) is 5.92 Å². The molecule has 176 valence electrons. The van der Waals surface area contributed by atoms with Crippen molar-refractivity contribution in [2.75, 3.05) is 27.4 Å². The number of hydrogen-bond acceptors (Lipinski definition) is 9. The summed E-state index contributed by atoms with van der Waals surface area (Å²) in [5, 5.41) is 0. The number of amides is 1. The third-order valence-electron chi connectivity index (χ3n) is 5.23. The van der Waals surface area contributed by atoms with Gasteiger partial charge in [0.1, 0.15) is 23.5 Å². The van der Waals surface area contributed by atoms with Crippen LogP contribution in [-0.2, 0) is 39.9 Å². The zero-order valence-electron chi connectivity index (χ0n) is 19.1. The summed E-state index contributed by atoms with van der Waals surface area (Å²) < 4.78 is 26.1. The lowest BCUT2D eigenvalue weighted by Crippen LogP contribution is -2.80. The van der Waals surface area contributed by atoms with Gasteiger partial charge in [0.2, 0.25) is 5.91 Å². The highest BCUT2D eigenvalue weighted by atomic mass is 16.6. The molecule has 1 amide bonds. The maximum Gasteiger partial charge on any atom is 0.344 e. The first-order valence-electron chi connectivity index (χ1n) is 10.2. The molecule has 1 aromatic carbocycles. The summed E-state index contributed by atoms with van der Waals surface area (Å²) in [4.78, 5) is 52.1. The van der Waals surface area contributed by atoms with E-state index in [0.717, 1.165) is 4.90 Å². The molecule has 10 nitrogen and oxygen atoms in total. The number of nitrogens with zero attached hydrogens (tertiary/aromatic N) is 1. The molecule has 0 radical (unpaired) electrons. The molecule has 0 spiro atoms. The number of carbonyl (C=O) groups excluding carboxylic acids is 4. The number of benzene rings is 1. The highest BCUT2D eigenvalue weighted by Gasteiger charge is 2.73. The smallest absolute Gasteiger partial charge is 0.344 e. The van der Waals surface area contributed by atoms with Crippen molar-refractivity contribution in [3.63, 3.8) is 0 Å². The molecule has 1 heterocycles. The number of hydrogen-bond donors (Lipinski definition) is 0. The van der Waals surface area contributed by atoms with Crippen molar-refractivity contribution >= 4 is 23.8 Å². The van der Waals surface area contributed by atoms with Crippen molar-refractivity contribution in [3.05, 3.63) is 23.8 Å². The lowest BCUT2D eigenvalue weighted by molar-refractivity contribution is -0.214. The summed E-state index contributed by atoms with van der Waals surface area (Å²) in [6.45, 7) is 5.59. The Morgan fingerprint density at radius 1 is 1.06 bits per heavy atom. The van der Waals surface area contributed by atoms with Gasteiger partial charge in [-0.05, 0) is 32.9 Å². The lowest BCUT2D eigenvalue weighted by Gasteiger charge is -2.54. The number of β-lactam (4-membered cyclic amide) rings is 1. The third kappa shape index (κ3) is 4.35. The van der Waals surface area contributed by atoms with Gasteiger partial charge < -0.3 is 28.6 Å². The van der Waals surface area contributed by atoms with Crippen molar-refractivity contribution in [1.82, 2.24) is 4.90 Å². The van der Waals surface area contributed by atoms with E-state index < -0.39 is 41.4 Å². The lowest BCUT2D eigenvalue weighted by atomic mass is 9.69. The molecule has 0 aliphatic carbocycles. The van der Waals surface area contributed by atoms with Crippen LogP contribution in [0.1, 0.15) is 33.3 Å². The van der Waals surface area contributed by atoms with Crippen molar-refractivity contribution in [2.45, 2.75) is 45.9 Å². The van der Waals surface area contributed by atoms with E-state index in [-0.39, 0.29) is 19.8 Å². The second-order valence-corrected chi connectivity index (χ2v) is 7.10. The Hall–Kier alpha value is -3.30. The van der Waals surface area contributed by atoms with E-state index in [0.29, 0.717) is 17.1 Å². The fourth-order valence-corrected chi connectivity index (χ4v) is 3.89. The van der Waals surface area contributed by atoms with E-state index >= 15 is 0 Å². The number of likely N-dealkylation sites (tertiary alicyclic amines) is 1. The van der Waals surface area contributed by atoms with Gasteiger partial charge in [0, 0.05) is 18.6 Å². The third-order valence-corrected chi connectivity index (χ3v) is 5.23. The van der Waals surface area contributed by atoms with E-state index in [9.17, 15) is 19.2 Å². The number of ether oxygens (including phenoxy) is 5. The topological polar surface area (TPSA) is 118 Å². The molecule has 0 aromatic heterocycles. The number of carbonyl (C=O) groups is 4. The summed E-state index contributed by atoms with van der Waals surface area (Å²) >= 11 is 0. The molecular formula is C22H29NO9. The molecule has 1 aliphatic heterocycles. The van der Waals surface area contributed by atoms with Gasteiger partial charge >= 0.3 is 17.9 Å². The minimum atomic E-state index is -2.11. The fourth-order valence-electron chi connectivity index (χ4n) is 3.89. The highest BCUT2D eigenvalue weighted by molar-refractivity contribution is 6.17. The normalized spacial score (nSPS) is 17.6. The Balaban J connectivity index is 2.58. The molecule has 0 saturated carbocycles. The van der Waals surface area contributed by atoms with Crippen LogP contribution < -0.4 is 9.47 Å². The van der Waals surface area contributed by atoms with Crippen molar-refractivity contribution < 1.29 is 42.9 Å². The van der Waals surface area contributed by atoms with Gasteiger partial charge in [0.05, 0.1) is 34.0 Å². The fraction of sp³-hybridized carbons (Fsp3) is 0.545. The Kier molecular flexibility index (Phi) is 8.07. The quantitative estimate of drug-likeness (QED) is 0.226. The van der Waals surface area contributed by atoms with Crippen LogP contribution in [0.3, 0.4) is 0 Å². The molecular weight excluding hydrogens is 422 g/mol. The molecule has 32 heavy (non-hydrogen) atoms. The summed E-state index contributed by atoms with van der Waals surface area (Å²) in [6, 6.07) is 4.95. The molecule has 2 unspecified atom stereocenters. The summed E-state index contributed by atoms with van der Waals surface area (Å²) in [5.41, 5.74) is -1.58. The molecule has 1 aliphatic rings. The Morgan fingerprint density at radius 2 is 1.66 bits per heavy atom. The minimum absolute atomic E-state index is 0.0253. The predicted octanol–water partition coefficient (Wildman–Crippen LogP) is 1.48. The molecule has 1 fully saturated rings. The van der Waals surface area contributed by atoms with Crippen LogP contribution in [0.2, 0.25) is 0 Å². The van der Waals surface area contributed by atoms with Gasteiger partial charge in [-0.3, -0.25) is 9.59 Å². The Bertz CT molecular complexity index is 864. The largest absolute Gasteiger partial charge is 0.497 e. The van der Waals surface area contributed by atoms with Gasteiger partial charge in [-0.2, -0.15) is 0 Å². The van der Waals surface area contributed by atoms with Crippen LogP contribution in [0.4, 0.5) is 0 Å². The summed E-state index contributed by atoms with van der Waals surface area (Å²) in [7, 11) is 2.95. The number of esters is 3. The van der Waals surface area contributed by atoms with Gasteiger partial charge in [0.25, 0.3) is 5.54 Å². The van der Waals surface area contributed by atoms with E-state index in [2.05, 4.69) is 0 Å². The zero-order valence-corrected chi connectivity index (χ0v) is 19.1. The molecule has 10 heteroatoms. The summed E-state index contributed by atoms with van der Waals surface area (Å²) in [6.07, 6.45) is -1.07. The van der Waals surface area contributed by atoms with Crippen molar-refractivity contribution in [3.8, 4) is 11.5 Å². The first kappa shape index (κ1) is 25.0. The molecule has 1 saturated heterocycles. The van der Waals surface area contributed by atoms with Crippen LogP contribution in [0.5, 0.6) is 11.5 Å². The standard InChI is InChI=1S/C22H29NO9/c1-7-30-20(26)22(21(27)31-8-2)18(13(3)32-14(4)24)19(25)23(22)12-15-9-10-16(28-5)11-17(15)29-6/h9-11,13,18H,7-8,12H2,1-6H3. The molecule has 2 rings (SSSR count). The van der Waals surface area contributed by atoms with Crippen LogP contribution in [0.25, 0.3) is 0 Å². The van der Waals surface area contributed by atoms with Crippen LogP contribution in [0, 0.1) is 5.92 Å². The molecule has 2 atom stereocenters. The van der Waals surface area contributed by atoms with E-state index in [4.69, 9.17) is 23.7 Å². The van der Waals surface area contributed by atoms with Gasteiger partial charge in [-0.25, -0.2) is 9.59 Å². The van der Waals surface area contributed by atoms with Crippen LogP contribution in [-0.4, -0.2) is 67.8 Å². The second-order valence-electron chi connectivity index (χ2n) is 7.10.